The molecule has 1 rings (SSSR count). The fourth-order valence-corrected chi connectivity index (χ4v) is 2.71. The number of sulfonamides is 1. The van der Waals surface area contributed by atoms with Crippen LogP contribution < -0.4 is 0 Å². The molecular weight excluding hydrogens is 308 g/mol. The zero-order valence-corrected chi connectivity index (χ0v) is 11.1. The van der Waals surface area contributed by atoms with Gasteiger partial charge in [0.2, 0.25) is 0 Å². The van der Waals surface area contributed by atoms with Crippen LogP contribution in [0.3, 0.4) is 0 Å². The molecule has 84 valence electrons. The van der Waals surface area contributed by atoms with E-state index in [2.05, 4.69) is 25.8 Å². The maximum absolute atomic E-state index is 11.8. The molecule has 0 bridgehead atoms. The summed E-state index contributed by atoms with van der Waals surface area (Å²) in [6.45, 7) is 0. The van der Waals surface area contributed by atoms with E-state index in [-0.39, 0.29) is 10.0 Å². The monoisotopic (exact) mass is 314 g/mol. The van der Waals surface area contributed by atoms with Gasteiger partial charge in [-0.25, -0.2) is 13.4 Å². The molecule has 0 aliphatic rings. The lowest BCUT2D eigenvalue weighted by atomic mass is 10.5. The zero-order valence-electron chi connectivity index (χ0n) is 7.94. The van der Waals surface area contributed by atoms with Crippen LogP contribution in [0.4, 0.5) is 0 Å². The summed E-state index contributed by atoms with van der Waals surface area (Å²) >= 11 is 8.80. The lowest BCUT2D eigenvalue weighted by Crippen LogP contribution is -2.26. The minimum Gasteiger partial charge on any atom is -0.288 e. The number of nitrogens with zero attached hydrogens (tertiary/aromatic N) is 2. The van der Waals surface area contributed by atoms with Gasteiger partial charge in [0, 0.05) is 17.7 Å². The van der Waals surface area contributed by atoms with Gasteiger partial charge in [0.15, 0.2) is 0 Å². The van der Waals surface area contributed by atoms with E-state index in [1.54, 1.807) is 0 Å². The molecule has 0 aliphatic carbocycles. The highest BCUT2D eigenvalue weighted by molar-refractivity contribution is 9.10. The van der Waals surface area contributed by atoms with Crippen molar-refractivity contribution < 1.29 is 13.3 Å². The Bertz CT molecular complexity index is 465. The molecule has 0 amide bonds. The van der Waals surface area contributed by atoms with Crippen molar-refractivity contribution in [1.82, 2.24) is 9.45 Å². The first-order valence-corrected chi connectivity index (χ1v) is 6.34. The van der Waals surface area contributed by atoms with Crippen molar-refractivity contribution in [2.45, 2.75) is 4.90 Å². The summed E-state index contributed by atoms with van der Waals surface area (Å²) < 4.78 is 24.8. The van der Waals surface area contributed by atoms with E-state index in [0.29, 0.717) is 8.94 Å². The first-order chi connectivity index (χ1) is 6.89. The Hall–Kier alpha value is -0.210. The number of halogens is 2. The van der Waals surface area contributed by atoms with Gasteiger partial charge < -0.3 is 0 Å². The molecule has 8 heteroatoms. The van der Waals surface area contributed by atoms with Crippen molar-refractivity contribution in [3.8, 4) is 0 Å². The van der Waals surface area contributed by atoms with E-state index in [4.69, 9.17) is 11.6 Å². The Balaban J connectivity index is 3.33. The van der Waals surface area contributed by atoms with Crippen molar-refractivity contribution in [2.24, 2.45) is 0 Å². The Morgan fingerprint density at radius 2 is 2.20 bits per heavy atom. The molecule has 1 heterocycles. The SMILES string of the molecule is CON(C)S(=O)(=O)c1cc(Br)cnc1Cl. The Morgan fingerprint density at radius 3 is 2.73 bits per heavy atom. The van der Waals surface area contributed by atoms with Gasteiger partial charge in [0.25, 0.3) is 10.0 Å². The number of pyridine rings is 1. The summed E-state index contributed by atoms with van der Waals surface area (Å²) in [7, 11) is -1.24. The molecule has 5 nitrogen and oxygen atoms in total. The van der Waals surface area contributed by atoms with Gasteiger partial charge in [-0.05, 0) is 22.0 Å². The highest BCUT2D eigenvalue weighted by Crippen LogP contribution is 2.24. The van der Waals surface area contributed by atoms with Gasteiger partial charge in [0.1, 0.15) is 10.0 Å². The third kappa shape index (κ3) is 2.67. The van der Waals surface area contributed by atoms with Crippen LogP contribution in [0.25, 0.3) is 0 Å². The van der Waals surface area contributed by atoms with Gasteiger partial charge in [-0.1, -0.05) is 16.1 Å². The van der Waals surface area contributed by atoms with Crippen LogP contribution in [0.2, 0.25) is 5.15 Å². The summed E-state index contributed by atoms with van der Waals surface area (Å²) in [6, 6.07) is 1.36. The molecule has 0 atom stereocenters. The molecule has 0 aliphatic heterocycles. The smallest absolute Gasteiger partial charge is 0.267 e. The van der Waals surface area contributed by atoms with E-state index >= 15 is 0 Å². The Labute approximate surface area is 101 Å². The molecule has 0 fully saturated rings. The number of hydrogen-bond acceptors (Lipinski definition) is 4. The van der Waals surface area contributed by atoms with Crippen molar-refractivity contribution in [3.05, 3.63) is 21.9 Å². The molecule has 0 N–H and O–H groups in total. The van der Waals surface area contributed by atoms with Crippen molar-refractivity contribution in [2.75, 3.05) is 14.2 Å². The second-order valence-corrected chi connectivity index (χ2v) is 5.72. The second-order valence-electron chi connectivity index (χ2n) is 2.54. The molecule has 1 aromatic heterocycles. The average molecular weight is 316 g/mol. The molecular formula is C7H8BrClN2O3S. The van der Waals surface area contributed by atoms with Crippen LogP contribution in [0, 0.1) is 0 Å². The van der Waals surface area contributed by atoms with Crippen LogP contribution in [-0.2, 0) is 14.9 Å². The number of rotatable bonds is 3. The zero-order chi connectivity index (χ0) is 11.6. The predicted molar refractivity (Wildman–Crippen MR) is 58.9 cm³/mol. The van der Waals surface area contributed by atoms with Gasteiger partial charge in [-0.2, -0.15) is 0 Å². The third-order valence-electron chi connectivity index (χ3n) is 1.65. The molecule has 1 aromatic rings. The first kappa shape index (κ1) is 12.9. The van der Waals surface area contributed by atoms with E-state index in [0.717, 1.165) is 0 Å². The predicted octanol–water partition coefficient (Wildman–Crippen LogP) is 1.68. The van der Waals surface area contributed by atoms with Crippen LogP contribution >= 0.6 is 27.5 Å². The van der Waals surface area contributed by atoms with Crippen LogP contribution in [-0.4, -0.2) is 32.0 Å². The largest absolute Gasteiger partial charge is 0.288 e. The summed E-state index contributed by atoms with van der Waals surface area (Å²) in [5.74, 6) is 0. The quantitative estimate of drug-likeness (QED) is 0.629. The minimum absolute atomic E-state index is 0.0953. The lowest BCUT2D eigenvalue weighted by Gasteiger charge is -2.14. The average Bonchev–Trinajstić information content (AvgIpc) is 2.20. The van der Waals surface area contributed by atoms with Gasteiger partial charge in [0.05, 0.1) is 7.11 Å². The molecule has 15 heavy (non-hydrogen) atoms. The number of aromatic nitrogens is 1. The van der Waals surface area contributed by atoms with Crippen molar-refractivity contribution in [1.29, 1.82) is 0 Å². The number of hydrogen-bond donors (Lipinski definition) is 0. The van der Waals surface area contributed by atoms with E-state index in [1.165, 1.54) is 26.4 Å². The van der Waals surface area contributed by atoms with E-state index < -0.39 is 10.0 Å². The Morgan fingerprint density at radius 1 is 1.60 bits per heavy atom. The number of hydroxylamine groups is 1. The molecule has 0 saturated carbocycles. The summed E-state index contributed by atoms with van der Waals surface area (Å²) in [5, 5.41) is -0.0953. The molecule has 0 aromatic carbocycles. The molecule has 0 spiro atoms. The highest BCUT2D eigenvalue weighted by Gasteiger charge is 2.24. The summed E-state index contributed by atoms with van der Waals surface area (Å²) in [6.07, 6.45) is 1.41. The van der Waals surface area contributed by atoms with Crippen molar-refractivity contribution >= 4 is 37.6 Å². The molecule has 0 radical (unpaired) electrons. The van der Waals surface area contributed by atoms with Crippen LogP contribution in [0.15, 0.2) is 21.6 Å². The highest BCUT2D eigenvalue weighted by atomic mass is 79.9. The fraction of sp³-hybridized carbons (Fsp3) is 0.286. The lowest BCUT2D eigenvalue weighted by molar-refractivity contribution is -0.0258. The first-order valence-electron chi connectivity index (χ1n) is 3.73. The van der Waals surface area contributed by atoms with Gasteiger partial charge in [-0.3, -0.25) is 4.84 Å². The van der Waals surface area contributed by atoms with Gasteiger partial charge >= 0.3 is 0 Å². The van der Waals surface area contributed by atoms with Crippen molar-refractivity contribution in [3.63, 3.8) is 0 Å². The summed E-state index contributed by atoms with van der Waals surface area (Å²) in [4.78, 5) is 8.22. The Kier molecular flexibility index (Phi) is 4.07. The summed E-state index contributed by atoms with van der Waals surface area (Å²) in [5.41, 5.74) is 0. The third-order valence-corrected chi connectivity index (χ3v) is 4.19. The van der Waals surface area contributed by atoms with E-state index in [1.807, 2.05) is 0 Å². The fourth-order valence-electron chi connectivity index (χ4n) is 0.822. The van der Waals surface area contributed by atoms with Gasteiger partial charge in [-0.15, -0.1) is 0 Å². The van der Waals surface area contributed by atoms with E-state index in [9.17, 15) is 8.42 Å². The normalized spacial score (nSPS) is 12.1. The van der Waals surface area contributed by atoms with Crippen LogP contribution in [0.1, 0.15) is 0 Å². The van der Waals surface area contributed by atoms with Crippen LogP contribution in [0.5, 0.6) is 0 Å². The standard InChI is InChI=1S/C7H8BrClN2O3S/c1-11(14-2)15(12,13)6-3-5(8)4-10-7(6)9/h3-4H,1-2H3. The molecule has 0 saturated heterocycles. The minimum atomic E-state index is -3.76. The maximum atomic E-state index is 11.8. The molecule has 0 unspecified atom stereocenters. The maximum Gasteiger partial charge on any atom is 0.267 e. The second kappa shape index (κ2) is 4.75. The topological polar surface area (TPSA) is 59.5 Å².